The lowest BCUT2D eigenvalue weighted by Crippen LogP contribution is -2.30. The van der Waals surface area contributed by atoms with Gasteiger partial charge in [-0.15, -0.1) is 0 Å². The second-order valence-electron chi connectivity index (χ2n) is 6.82. The number of furan rings is 1. The second-order valence-corrected chi connectivity index (χ2v) is 6.82. The number of nitrogens with two attached hydrogens (primary N) is 1. The Balaban J connectivity index is 1.64. The van der Waals surface area contributed by atoms with Crippen molar-refractivity contribution in [2.45, 2.75) is 13.5 Å². The Hall–Kier alpha value is -3.69. The zero-order valence-electron chi connectivity index (χ0n) is 16.2. The number of hydrogen-bond acceptors (Lipinski definition) is 7. The average molecular weight is 402 g/mol. The SMILES string of the molecule is Cc1oc2c(C(N)=O)cccc2c1-c1nccc(NCc2cccc(B(O)O)c2)n1. The first-order valence-corrected chi connectivity index (χ1v) is 9.28. The maximum absolute atomic E-state index is 11.7. The molecule has 4 rings (SSSR count). The molecule has 0 bridgehead atoms. The molecular formula is C21H19BN4O4. The van der Waals surface area contributed by atoms with Crippen LogP contribution in [0.3, 0.4) is 0 Å². The Morgan fingerprint density at radius 2 is 2.00 bits per heavy atom. The number of aryl methyl sites for hydroxylation is 1. The van der Waals surface area contributed by atoms with Crippen LogP contribution in [0.4, 0.5) is 5.82 Å². The molecule has 150 valence electrons. The minimum absolute atomic E-state index is 0.307. The number of fused-ring (bicyclic) bond motifs is 1. The van der Waals surface area contributed by atoms with E-state index >= 15 is 0 Å². The van der Waals surface area contributed by atoms with E-state index in [-0.39, 0.29) is 0 Å². The molecule has 8 nitrogen and oxygen atoms in total. The molecule has 0 unspecified atom stereocenters. The normalized spacial score (nSPS) is 10.9. The van der Waals surface area contributed by atoms with E-state index in [1.165, 1.54) is 0 Å². The van der Waals surface area contributed by atoms with Gasteiger partial charge in [-0.2, -0.15) is 0 Å². The lowest BCUT2D eigenvalue weighted by atomic mass is 9.80. The number of para-hydroxylation sites is 1. The molecule has 0 aliphatic rings. The third-order valence-corrected chi connectivity index (χ3v) is 4.76. The number of rotatable bonds is 6. The van der Waals surface area contributed by atoms with Crippen LogP contribution in [0.2, 0.25) is 0 Å². The van der Waals surface area contributed by atoms with E-state index in [0.717, 1.165) is 5.56 Å². The molecule has 0 saturated carbocycles. The van der Waals surface area contributed by atoms with Gasteiger partial charge in [0.2, 0.25) is 0 Å². The molecule has 9 heteroatoms. The van der Waals surface area contributed by atoms with Crippen molar-refractivity contribution in [3.05, 3.63) is 71.6 Å². The highest BCUT2D eigenvalue weighted by Crippen LogP contribution is 2.34. The first kappa shape index (κ1) is 19.6. The predicted molar refractivity (Wildman–Crippen MR) is 114 cm³/mol. The van der Waals surface area contributed by atoms with Crippen molar-refractivity contribution >= 4 is 35.3 Å². The van der Waals surface area contributed by atoms with E-state index in [0.29, 0.717) is 51.5 Å². The molecule has 4 aromatic rings. The van der Waals surface area contributed by atoms with Crippen LogP contribution in [-0.4, -0.2) is 33.0 Å². The summed E-state index contributed by atoms with van der Waals surface area (Å²) in [6.07, 6.45) is 1.63. The fraction of sp³-hybridized carbons (Fsp3) is 0.0952. The van der Waals surface area contributed by atoms with E-state index < -0.39 is 13.0 Å². The van der Waals surface area contributed by atoms with Gasteiger partial charge in [-0.1, -0.05) is 36.4 Å². The van der Waals surface area contributed by atoms with Crippen molar-refractivity contribution in [3.8, 4) is 11.4 Å². The Morgan fingerprint density at radius 1 is 1.20 bits per heavy atom. The number of anilines is 1. The van der Waals surface area contributed by atoms with Crippen LogP contribution in [0.5, 0.6) is 0 Å². The van der Waals surface area contributed by atoms with Crippen molar-refractivity contribution in [1.29, 1.82) is 0 Å². The van der Waals surface area contributed by atoms with Crippen molar-refractivity contribution in [3.63, 3.8) is 0 Å². The van der Waals surface area contributed by atoms with E-state index in [1.807, 2.05) is 12.1 Å². The average Bonchev–Trinajstić information content (AvgIpc) is 3.08. The summed E-state index contributed by atoms with van der Waals surface area (Å²) in [4.78, 5) is 20.6. The number of benzene rings is 2. The fourth-order valence-corrected chi connectivity index (χ4v) is 3.34. The number of carbonyl (C=O) groups is 1. The molecule has 0 aliphatic carbocycles. The highest BCUT2D eigenvalue weighted by Gasteiger charge is 2.19. The minimum Gasteiger partial charge on any atom is -0.460 e. The third-order valence-electron chi connectivity index (χ3n) is 4.76. The zero-order chi connectivity index (χ0) is 21.3. The summed E-state index contributed by atoms with van der Waals surface area (Å²) in [6, 6.07) is 13.9. The maximum atomic E-state index is 11.7. The number of nitrogens with zero attached hydrogens (tertiary/aromatic N) is 2. The lowest BCUT2D eigenvalue weighted by Gasteiger charge is -2.08. The monoisotopic (exact) mass is 402 g/mol. The standard InChI is InChI=1S/C21H19BN4O4/c1-12-18(15-6-3-7-16(20(23)27)19(15)30-12)21-24-9-8-17(26-21)25-11-13-4-2-5-14(10-13)22(28)29/h2-10,28-29H,11H2,1H3,(H2,23,27)(H,24,25,26). The van der Waals surface area contributed by atoms with Gasteiger partial charge in [-0.05, 0) is 30.1 Å². The van der Waals surface area contributed by atoms with Crippen LogP contribution >= 0.6 is 0 Å². The zero-order valence-corrected chi connectivity index (χ0v) is 16.2. The smallest absolute Gasteiger partial charge is 0.460 e. The van der Waals surface area contributed by atoms with Crippen molar-refractivity contribution in [2.75, 3.05) is 5.32 Å². The predicted octanol–water partition coefficient (Wildman–Crippen LogP) is 1.59. The van der Waals surface area contributed by atoms with Crippen LogP contribution in [0.25, 0.3) is 22.4 Å². The molecular weight excluding hydrogens is 383 g/mol. The highest BCUT2D eigenvalue weighted by atomic mass is 16.4. The van der Waals surface area contributed by atoms with Gasteiger partial charge in [0.15, 0.2) is 5.82 Å². The topological polar surface area (TPSA) is 134 Å². The van der Waals surface area contributed by atoms with Gasteiger partial charge in [0.05, 0.1) is 11.1 Å². The molecule has 0 radical (unpaired) electrons. The first-order valence-electron chi connectivity index (χ1n) is 9.28. The molecule has 5 N–H and O–H groups in total. The van der Waals surface area contributed by atoms with Gasteiger partial charge in [0.25, 0.3) is 5.91 Å². The van der Waals surface area contributed by atoms with Gasteiger partial charge >= 0.3 is 7.12 Å². The first-order chi connectivity index (χ1) is 14.4. The van der Waals surface area contributed by atoms with Crippen molar-refractivity contribution in [1.82, 2.24) is 9.97 Å². The fourth-order valence-electron chi connectivity index (χ4n) is 3.34. The summed E-state index contributed by atoms with van der Waals surface area (Å²) in [5.74, 6) is 1.07. The van der Waals surface area contributed by atoms with Gasteiger partial charge < -0.3 is 25.5 Å². The summed E-state index contributed by atoms with van der Waals surface area (Å²) >= 11 is 0. The van der Waals surface area contributed by atoms with E-state index in [2.05, 4.69) is 15.3 Å². The lowest BCUT2D eigenvalue weighted by molar-refractivity contribution is 0.100. The van der Waals surface area contributed by atoms with E-state index in [1.54, 1.807) is 49.5 Å². The molecule has 2 heterocycles. The Kier molecular flexibility index (Phi) is 5.22. The molecule has 0 saturated heterocycles. The Morgan fingerprint density at radius 3 is 2.77 bits per heavy atom. The number of hydrogen-bond donors (Lipinski definition) is 4. The van der Waals surface area contributed by atoms with Crippen LogP contribution in [0.1, 0.15) is 21.7 Å². The molecule has 0 fully saturated rings. The number of primary amides is 1. The largest absolute Gasteiger partial charge is 0.488 e. The summed E-state index contributed by atoms with van der Waals surface area (Å²) in [7, 11) is -1.52. The quantitative estimate of drug-likeness (QED) is 0.360. The van der Waals surface area contributed by atoms with Crippen LogP contribution < -0.4 is 16.5 Å². The van der Waals surface area contributed by atoms with Crippen LogP contribution in [0.15, 0.2) is 59.1 Å². The number of nitrogens with one attached hydrogen (secondary N) is 1. The molecule has 30 heavy (non-hydrogen) atoms. The summed E-state index contributed by atoms with van der Waals surface area (Å²) in [5, 5.41) is 22.6. The van der Waals surface area contributed by atoms with Crippen LogP contribution in [-0.2, 0) is 6.54 Å². The molecule has 1 amide bonds. The molecule has 0 aliphatic heterocycles. The van der Waals surface area contributed by atoms with E-state index in [9.17, 15) is 14.8 Å². The van der Waals surface area contributed by atoms with Crippen molar-refractivity contribution < 1.29 is 19.3 Å². The maximum Gasteiger partial charge on any atom is 0.488 e. The Labute approximate surface area is 172 Å². The Bertz CT molecular complexity index is 1240. The molecule has 0 spiro atoms. The van der Waals surface area contributed by atoms with Gasteiger partial charge in [-0.3, -0.25) is 4.79 Å². The minimum atomic E-state index is -1.52. The van der Waals surface area contributed by atoms with Crippen LogP contribution in [0, 0.1) is 6.92 Å². The summed E-state index contributed by atoms with van der Waals surface area (Å²) in [5.41, 5.74) is 8.17. The highest BCUT2D eigenvalue weighted by molar-refractivity contribution is 6.58. The number of aromatic nitrogens is 2. The van der Waals surface area contributed by atoms with Gasteiger partial charge in [0, 0.05) is 18.1 Å². The third kappa shape index (κ3) is 3.76. The molecule has 2 aromatic carbocycles. The second kappa shape index (κ2) is 7.98. The summed E-state index contributed by atoms with van der Waals surface area (Å²) in [6.45, 7) is 2.23. The number of amides is 1. The number of carbonyl (C=O) groups excluding carboxylic acids is 1. The van der Waals surface area contributed by atoms with Crippen molar-refractivity contribution in [2.24, 2.45) is 5.73 Å². The summed E-state index contributed by atoms with van der Waals surface area (Å²) < 4.78 is 5.80. The van der Waals surface area contributed by atoms with Gasteiger partial charge in [0.1, 0.15) is 17.2 Å². The molecule has 0 atom stereocenters. The van der Waals surface area contributed by atoms with E-state index in [4.69, 9.17) is 10.2 Å². The molecule has 2 aromatic heterocycles. The van der Waals surface area contributed by atoms with Gasteiger partial charge in [-0.25, -0.2) is 9.97 Å².